The lowest BCUT2D eigenvalue weighted by Gasteiger charge is -2.36. The van der Waals surface area contributed by atoms with Crippen LogP contribution in [0.15, 0.2) is 0 Å². The fourth-order valence-electron chi connectivity index (χ4n) is 3.22. The summed E-state index contributed by atoms with van der Waals surface area (Å²) in [6.45, 7) is 4.51. The number of piperidine rings is 1. The molecule has 1 aliphatic carbocycles. The number of aliphatic hydroxyl groups excluding tert-OH is 1. The van der Waals surface area contributed by atoms with Gasteiger partial charge in [0, 0.05) is 13.1 Å². The molecule has 2 fully saturated rings. The van der Waals surface area contributed by atoms with Crippen molar-refractivity contribution in [3.63, 3.8) is 0 Å². The molecular weight excluding hydrogens is 226 g/mol. The van der Waals surface area contributed by atoms with Gasteiger partial charge in [0.2, 0.25) is 0 Å². The first-order valence-corrected chi connectivity index (χ1v) is 7.30. The Morgan fingerprint density at radius 2 is 1.89 bits per heavy atom. The standard InChI is InChI=1S/C14H29N3O/c1-16-7-5-12(6-8-16)9-17(2)10-14(15,11-18)13-3-4-13/h12-13,18H,3-11,15H2,1-2H3. The Kier molecular flexibility index (Phi) is 4.64. The van der Waals surface area contributed by atoms with Gasteiger partial charge in [0.1, 0.15) is 0 Å². The van der Waals surface area contributed by atoms with Crippen LogP contribution in [0.3, 0.4) is 0 Å². The third-order valence-electron chi connectivity index (χ3n) is 4.66. The molecule has 0 bridgehead atoms. The van der Waals surface area contributed by atoms with E-state index in [2.05, 4.69) is 23.9 Å². The predicted octanol–water partition coefficient (Wildman–Crippen LogP) is 0.360. The summed E-state index contributed by atoms with van der Waals surface area (Å²) in [5.41, 5.74) is 5.97. The van der Waals surface area contributed by atoms with E-state index in [1.807, 2.05) is 0 Å². The Bertz CT molecular complexity index is 262. The maximum absolute atomic E-state index is 9.53. The lowest BCUT2D eigenvalue weighted by Crippen LogP contribution is -2.55. The van der Waals surface area contributed by atoms with Gasteiger partial charge in [-0.15, -0.1) is 0 Å². The molecule has 1 atom stereocenters. The van der Waals surface area contributed by atoms with Gasteiger partial charge in [-0.1, -0.05) is 0 Å². The number of rotatable bonds is 6. The fraction of sp³-hybridized carbons (Fsp3) is 1.00. The number of aliphatic hydroxyl groups is 1. The van der Waals surface area contributed by atoms with Gasteiger partial charge in [-0.05, 0) is 64.7 Å². The van der Waals surface area contributed by atoms with Crippen LogP contribution >= 0.6 is 0 Å². The maximum atomic E-state index is 9.53. The third-order valence-corrected chi connectivity index (χ3v) is 4.66. The maximum Gasteiger partial charge on any atom is 0.0626 e. The highest BCUT2D eigenvalue weighted by Gasteiger charge is 2.42. The highest BCUT2D eigenvalue weighted by molar-refractivity contribution is 5.00. The SMILES string of the molecule is CN1CCC(CN(C)CC(N)(CO)C2CC2)CC1. The van der Waals surface area contributed by atoms with Crippen LogP contribution in [0.5, 0.6) is 0 Å². The van der Waals surface area contributed by atoms with Crippen LogP contribution in [0.1, 0.15) is 25.7 Å². The molecule has 1 saturated heterocycles. The zero-order chi connectivity index (χ0) is 13.2. The molecule has 1 unspecified atom stereocenters. The van der Waals surface area contributed by atoms with E-state index < -0.39 is 0 Å². The quantitative estimate of drug-likeness (QED) is 0.719. The van der Waals surface area contributed by atoms with Crippen LogP contribution in [0.2, 0.25) is 0 Å². The van der Waals surface area contributed by atoms with Crippen molar-refractivity contribution in [2.24, 2.45) is 17.6 Å². The lowest BCUT2D eigenvalue weighted by molar-refractivity contribution is 0.112. The minimum absolute atomic E-state index is 0.120. The summed E-state index contributed by atoms with van der Waals surface area (Å²) in [6.07, 6.45) is 4.97. The lowest BCUT2D eigenvalue weighted by atomic mass is 9.93. The molecule has 0 aromatic carbocycles. The van der Waals surface area contributed by atoms with E-state index in [0.717, 1.165) is 19.0 Å². The monoisotopic (exact) mass is 255 g/mol. The summed E-state index contributed by atoms with van der Waals surface area (Å²) >= 11 is 0. The van der Waals surface area contributed by atoms with Gasteiger partial charge in [-0.2, -0.15) is 0 Å². The molecule has 0 amide bonds. The van der Waals surface area contributed by atoms with Gasteiger partial charge >= 0.3 is 0 Å². The predicted molar refractivity (Wildman–Crippen MR) is 74.4 cm³/mol. The summed E-state index contributed by atoms with van der Waals surface area (Å²) in [4.78, 5) is 4.74. The number of hydrogen-bond donors (Lipinski definition) is 2. The van der Waals surface area contributed by atoms with Crippen molar-refractivity contribution in [3.05, 3.63) is 0 Å². The number of nitrogens with zero attached hydrogens (tertiary/aromatic N) is 2. The van der Waals surface area contributed by atoms with Crippen LogP contribution in [-0.2, 0) is 0 Å². The van der Waals surface area contributed by atoms with Crippen LogP contribution in [0.4, 0.5) is 0 Å². The van der Waals surface area contributed by atoms with Crippen LogP contribution in [0.25, 0.3) is 0 Å². The Morgan fingerprint density at radius 3 is 2.39 bits per heavy atom. The molecule has 0 radical (unpaired) electrons. The fourth-order valence-corrected chi connectivity index (χ4v) is 3.22. The van der Waals surface area contributed by atoms with E-state index in [1.54, 1.807) is 0 Å². The van der Waals surface area contributed by atoms with Crippen molar-refractivity contribution < 1.29 is 5.11 Å². The Hall–Kier alpha value is -0.160. The Balaban J connectivity index is 1.75. The molecule has 3 N–H and O–H groups in total. The molecule has 4 heteroatoms. The first kappa shape index (κ1) is 14.3. The molecule has 1 heterocycles. The molecule has 2 rings (SSSR count). The van der Waals surface area contributed by atoms with Gasteiger partial charge in [-0.3, -0.25) is 0 Å². The van der Waals surface area contributed by atoms with Crippen LogP contribution < -0.4 is 5.73 Å². The van der Waals surface area contributed by atoms with Gasteiger partial charge in [-0.25, -0.2) is 0 Å². The van der Waals surface area contributed by atoms with Crippen molar-refractivity contribution >= 4 is 0 Å². The second kappa shape index (κ2) is 5.87. The Labute approximate surface area is 111 Å². The minimum atomic E-state index is -0.361. The Morgan fingerprint density at radius 1 is 1.28 bits per heavy atom. The summed E-state index contributed by atoms with van der Waals surface area (Å²) in [7, 11) is 4.35. The average Bonchev–Trinajstić information content (AvgIpc) is 3.16. The second-order valence-corrected chi connectivity index (χ2v) is 6.61. The summed E-state index contributed by atoms with van der Waals surface area (Å²) in [5, 5.41) is 9.53. The van der Waals surface area contributed by atoms with E-state index in [4.69, 9.17) is 5.73 Å². The van der Waals surface area contributed by atoms with Crippen LogP contribution in [0, 0.1) is 11.8 Å². The molecule has 4 nitrogen and oxygen atoms in total. The molecule has 106 valence electrons. The molecule has 1 saturated carbocycles. The van der Waals surface area contributed by atoms with Gasteiger partial charge in [0.05, 0.1) is 12.1 Å². The summed E-state index contributed by atoms with van der Waals surface area (Å²) in [5.74, 6) is 1.34. The first-order valence-electron chi connectivity index (χ1n) is 7.30. The average molecular weight is 255 g/mol. The van der Waals surface area contributed by atoms with Crippen molar-refractivity contribution in [3.8, 4) is 0 Å². The van der Waals surface area contributed by atoms with Gasteiger partial charge in [0.25, 0.3) is 0 Å². The highest BCUT2D eigenvalue weighted by Crippen LogP contribution is 2.38. The van der Waals surface area contributed by atoms with E-state index in [9.17, 15) is 5.11 Å². The van der Waals surface area contributed by atoms with E-state index in [-0.39, 0.29) is 12.1 Å². The molecule has 0 aromatic heterocycles. The minimum Gasteiger partial charge on any atom is -0.394 e. The molecule has 0 aromatic rings. The first-order chi connectivity index (χ1) is 8.53. The third kappa shape index (κ3) is 3.67. The van der Waals surface area contributed by atoms with Crippen molar-refractivity contribution in [1.29, 1.82) is 0 Å². The van der Waals surface area contributed by atoms with Crippen LogP contribution in [-0.4, -0.2) is 67.3 Å². The van der Waals surface area contributed by atoms with Crippen molar-refractivity contribution in [2.75, 3.05) is 46.9 Å². The van der Waals surface area contributed by atoms with E-state index in [1.165, 1.54) is 38.8 Å². The largest absolute Gasteiger partial charge is 0.394 e. The highest BCUT2D eigenvalue weighted by atomic mass is 16.3. The number of likely N-dealkylation sites (N-methyl/N-ethyl adjacent to an activating group) is 1. The van der Waals surface area contributed by atoms with Gasteiger partial charge in [0.15, 0.2) is 0 Å². The molecule has 18 heavy (non-hydrogen) atoms. The number of likely N-dealkylation sites (tertiary alicyclic amines) is 1. The summed E-state index contributed by atoms with van der Waals surface area (Å²) in [6, 6.07) is 0. The summed E-state index contributed by atoms with van der Waals surface area (Å²) < 4.78 is 0. The smallest absolute Gasteiger partial charge is 0.0626 e. The van der Waals surface area contributed by atoms with Crippen molar-refractivity contribution in [2.45, 2.75) is 31.2 Å². The van der Waals surface area contributed by atoms with E-state index >= 15 is 0 Å². The zero-order valence-electron chi connectivity index (χ0n) is 11.9. The van der Waals surface area contributed by atoms with Crippen molar-refractivity contribution in [1.82, 2.24) is 9.80 Å². The molecule has 0 spiro atoms. The second-order valence-electron chi connectivity index (χ2n) is 6.61. The number of hydrogen-bond acceptors (Lipinski definition) is 4. The van der Waals surface area contributed by atoms with E-state index in [0.29, 0.717) is 5.92 Å². The molecular formula is C14H29N3O. The zero-order valence-corrected chi connectivity index (χ0v) is 11.9. The number of nitrogens with two attached hydrogens (primary N) is 1. The molecule has 2 aliphatic rings. The normalized spacial score (nSPS) is 26.5. The topological polar surface area (TPSA) is 52.7 Å². The molecule has 1 aliphatic heterocycles. The van der Waals surface area contributed by atoms with Gasteiger partial charge < -0.3 is 20.6 Å².